The van der Waals surface area contributed by atoms with Crippen LogP contribution >= 0.6 is 0 Å². The first kappa shape index (κ1) is 23.9. The molecular weight excluding hydrogens is 449 g/mol. The zero-order chi connectivity index (χ0) is 24.3. The van der Waals surface area contributed by atoms with Gasteiger partial charge >= 0.3 is 6.18 Å². The van der Waals surface area contributed by atoms with E-state index in [1.54, 1.807) is 11.8 Å². The van der Waals surface area contributed by atoms with Crippen molar-refractivity contribution >= 4 is 17.9 Å². The Hall–Kier alpha value is -3.24. The molecule has 34 heavy (non-hydrogen) atoms. The van der Waals surface area contributed by atoms with Crippen molar-refractivity contribution in [3.63, 3.8) is 0 Å². The minimum atomic E-state index is -4.49. The van der Waals surface area contributed by atoms with Gasteiger partial charge < -0.3 is 9.80 Å². The molecule has 0 atom stereocenters. The number of aromatic nitrogens is 4. The van der Waals surface area contributed by atoms with E-state index in [4.69, 9.17) is 0 Å². The number of rotatable bonds is 5. The maximum atomic E-state index is 13.2. The van der Waals surface area contributed by atoms with Crippen LogP contribution in [0, 0.1) is 6.92 Å². The van der Waals surface area contributed by atoms with Gasteiger partial charge in [-0.2, -0.15) is 18.0 Å². The molecule has 0 radical (unpaired) electrons. The van der Waals surface area contributed by atoms with Crippen LogP contribution in [0.25, 0.3) is 6.08 Å². The van der Waals surface area contributed by atoms with E-state index in [-0.39, 0.29) is 24.4 Å². The van der Waals surface area contributed by atoms with Crippen molar-refractivity contribution in [1.82, 2.24) is 30.0 Å². The van der Waals surface area contributed by atoms with E-state index in [1.807, 2.05) is 4.90 Å². The third-order valence-corrected chi connectivity index (χ3v) is 6.32. The van der Waals surface area contributed by atoms with Gasteiger partial charge in [0, 0.05) is 38.2 Å². The second-order valence-electron chi connectivity index (χ2n) is 8.71. The number of carbonyl (C=O) groups is 2. The van der Waals surface area contributed by atoms with E-state index in [0.29, 0.717) is 36.5 Å². The summed E-state index contributed by atoms with van der Waals surface area (Å²) in [5.74, 6) is 0.403. The molecule has 4 rings (SSSR count). The molecule has 11 heteroatoms. The maximum absolute atomic E-state index is 13.2. The van der Waals surface area contributed by atoms with Gasteiger partial charge in [0.1, 0.15) is 0 Å². The number of amides is 2. The topological polar surface area (TPSA) is 84.2 Å². The Balaban J connectivity index is 1.44. The highest BCUT2D eigenvalue weighted by Gasteiger charge is 2.32. The Labute approximate surface area is 195 Å². The van der Waals surface area contributed by atoms with E-state index < -0.39 is 11.7 Å². The standard InChI is InChI=1S/C23H27F3N6O2/c1-16-27-29-32(28-16)15-18-14-19(23(24,25)26)7-5-17(18)6-8-21(33)30-12-9-20(10-13-30)31-11-3-2-4-22(31)34/h5-8,14,20H,2-4,9-13,15H2,1H3. The molecular formula is C23H27F3N6O2. The summed E-state index contributed by atoms with van der Waals surface area (Å²) in [5.41, 5.74) is 0.0286. The predicted molar refractivity (Wildman–Crippen MR) is 117 cm³/mol. The number of nitrogens with zero attached hydrogens (tertiary/aromatic N) is 6. The summed E-state index contributed by atoms with van der Waals surface area (Å²) in [6.45, 7) is 3.50. The van der Waals surface area contributed by atoms with E-state index in [9.17, 15) is 22.8 Å². The number of tetrazole rings is 1. The van der Waals surface area contributed by atoms with Crippen molar-refractivity contribution in [3.05, 3.63) is 46.8 Å². The van der Waals surface area contributed by atoms with Gasteiger partial charge in [-0.3, -0.25) is 9.59 Å². The quantitative estimate of drug-likeness (QED) is 0.620. The van der Waals surface area contributed by atoms with E-state index >= 15 is 0 Å². The maximum Gasteiger partial charge on any atom is 0.416 e. The number of carbonyl (C=O) groups excluding carboxylic acids is 2. The van der Waals surface area contributed by atoms with Gasteiger partial charge in [-0.05, 0) is 67.2 Å². The van der Waals surface area contributed by atoms with E-state index in [1.165, 1.54) is 23.0 Å². The molecule has 2 aromatic rings. The molecule has 8 nitrogen and oxygen atoms in total. The molecule has 2 aliphatic heterocycles. The SMILES string of the molecule is Cc1nnn(Cc2cc(C(F)(F)F)ccc2C=CC(=O)N2CCC(N3CCCCC3=O)CC2)n1. The highest BCUT2D eigenvalue weighted by Crippen LogP contribution is 2.31. The van der Waals surface area contributed by atoms with Gasteiger partial charge in [0.2, 0.25) is 11.8 Å². The molecule has 0 N–H and O–H groups in total. The molecule has 1 aromatic heterocycles. The largest absolute Gasteiger partial charge is 0.416 e. The summed E-state index contributed by atoms with van der Waals surface area (Å²) in [6, 6.07) is 3.56. The smallest absolute Gasteiger partial charge is 0.340 e. The summed E-state index contributed by atoms with van der Waals surface area (Å²) >= 11 is 0. The van der Waals surface area contributed by atoms with Crippen LogP contribution in [0.5, 0.6) is 0 Å². The number of likely N-dealkylation sites (tertiary alicyclic amines) is 2. The van der Waals surface area contributed by atoms with Gasteiger partial charge in [-0.15, -0.1) is 10.2 Å². The van der Waals surface area contributed by atoms with Gasteiger partial charge in [0.25, 0.3) is 0 Å². The molecule has 182 valence electrons. The third-order valence-electron chi connectivity index (χ3n) is 6.32. The lowest BCUT2D eigenvalue weighted by Gasteiger charge is -2.40. The lowest BCUT2D eigenvalue weighted by molar-refractivity contribution is -0.138. The van der Waals surface area contributed by atoms with Crippen molar-refractivity contribution in [3.8, 4) is 0 Å². The normalized spacial score (nSPS) is 18.2. The molecule has 0 unspecified atom stereocenters. The lowest BCUT2D eigenvalue weighted by atomic mass is 9.99. The predicted octanol–water partition coefficient (Wildman–Crippen LogP) is 3.07. The Kier molecular flexibility index (Phi) is 6.99. The van der Waals surface area contributed by atoms with E-state index in [2.05, 4.69) is 15.4 Å². The molecule has 0 bridgehead atoms. The average molecular weight is 477 g/mol. The van der Waals surface area contributed by atoms with Crippen molar-refractivity contribution < 1.29 is 22.8 Å². The first-order valence-electron chi connectivity index (χ1n) is 11.4. The van der Waals surface area contributed by atoms with Crippen LogP contribution in [0.4, 0.5) is 13.2 Å². The second-order valence-corrected chi connectivity index (χ2v) is 8.71. The van der Waals surface area contributed by atoms with Crippen LogP contribution in [0.15, 0.2) is 24.3 Å². The van der Waals surface area contributed by atoms with Gasteiger partial charge in [-0.25, -0.2) is 0 Å². The van der Waals surface area contributed by atoms with Gasteiger partial charge in [0.15, 0.2) is 5.82 Å². The van der Waals surface area contributed by atoms with Crippen LogP contribution in [0.2, 0.25) is 0 Å². The molecule has 2 fully saturated rings. The zero-order valence-electron chi connectivity index (χ0n) is 19.0. The van der Waals surface area contributed by atoms with Crippen LogP contribution in [0.1, 0.15) is 54.6 Å². The molecule has 2 amide bonds. The molecule has 0 aliphatic carbocycles. The Morgan fingerprint density at radius 2 is 1.94 bits per heavy atom. The Bertz CT molecular complexity index is 1070. The second kappa shape index (κ2) is 9.94. The fourth-order valence-corrected chi connectivity index (χ4v) is 4.50. The van der Waals surface area contributed by atoms with Crippen LogP contribution in [0.3, 0.4) is 0 Å². The molecule has 0 saturated carbocycles. The monoisotopic (exact) mass is 476 g/mol. The zero-order valence-corrected chi connectivity index (χ0v) is 19.0. The van der Waals surface area contributed by atoms with Crippen LogP contribution < -0.4 is 0 Å². The molecule has 0 spiro atoms. The van der Waals surface area contributed by atoms with Crippen molar-refractivity contribution in [2.75, 3.05) is 19.6 Å². The number of aryl methyl sites for hydroxylation is 1. The fourth-order valence-electron chi connectivity index (χ4n) is 4.50. The summed E-state index contributed by atoms with van der Waals surface area (Å²) < 4.78 is 39.7. The first-order valence-corrected chi connectivity index (χ1v) is 11.4. The Morgan fingerprint density at radius 1 is 1.18 bits per heavy atom. The van der Waals surface area contributed by atoms with Gasteiger partial charge in [-0.1, -0.05) is 6.07 Å². The number of halogens is 3. The highest BCUT2D eigenvalue weighted by atomic mass is 19.4. The highest BCUT2D eigenvalue weighted by molar-refractivity contribution is 5.92. The molecule has 1 aromatic carbocycles. The average Bonchev–Trinajstić information content (AvgIpc) is 3.22. The van der Waals surface area contributed by atoms with Crippen molar-refractivity contribution in [2.24, 2.45) is 0 Å². The summed E-state index contributed by atoms with van der Waals surface area (Å²) in [7, 11) is 0. The number of hydrogen-bond acceptors (Lipinski definition) is 5. The molecule has 3 heterocycles. The number of hydrogen-bond donors (Lipinski definition) is 0. The minimum absolute atomic E-state index is 0.00607. The number of piperidine rings is 2. The molecule has 2 aliphatic rings. The summed E-state index contributed by atoms with van der Waals surface area (Å²) in [4.78, 5) is 29.8. The first-order chi connectivity index (χ1) is 16.2. The lowest BCUT2D eigenvalue weighted by Crippen LogP contribution is -2.49. The van der Waals surface area contributed by atoms with Crippen molar-refractivity contribution in [1.29, 1.82) is 0 Å². The summed E-state index contributed by atoms with van der Waals surface area (Å²) in [5, 5.41) is 11.6. The number of benzene rings is 1. The number of alkyl halides is 3. The van der Waals surface area contributed by atoms with Crippen molar-refractivity contribution in [2.45, 2.75) is 57.8 Å². The minimum Gasteiger partial charge on any atom is -0.340 e. The van der Waals surface area contributed by atoms with Gasteiger partial charge in [0.05, 0.1) is 12.1 Å². The van der Waals surface area contributed by atoms with E-state index in [0.717, 1.165) is 44.4 Å². The Morgan fingerprint density at radius 3 is 2.59 bits per heavy atom. The molecule has 2 saturated heterocycles. The fraction of sp³-hybridized carbons (Fsp3) is 0.522. The summed E-state index contributed by atoms with van der Waals surface area (Å²) in [6.07, 6.45) is 2.45. The van der Waals surface area contributed by atoms with Crippen LogP contribution in [-0.2, 0) is 22.3 Å². The van der Waals surface area contributed by atoms with Crippen LogP contribution in [-0.4, -0.2) is 67.5 Å². The third kappa shape index (κ3) is 5.63.